The number of hydrogen-bond acceptors (Lipinski definition) is 5. The van der Waals surface area contributed by atoms with Crippen LogP contribution in [0.1, 0.15) is 77.1 Å². The van der Waals surface area contributed by atoms with Crippen molar-refractivity contribution >= 4 is 11.7 Å². The van der Waals surface area contributed by atoms with Crippen LogP contribution in [-0.4, -0.2) is 28.9 Å². The second-order valence-electron chi connectivity index (χ2n) is 8.13. The zero-order valence-corrected chi connectivity index (χ0v) is 18.0. The molecule has 1 unspecified atom stereocenters. The van der Waals surface area contributed by atoms with Crippen LogP contribution in [0.15, 0.2) is 40.9 Å². The van der Waals surface area contributed by atoms with Gasteiger partial charge in [-0.1, -0.05) is 50.1 Å². The van der Waals surface area contributed by atoms with Crippen molar-refractivity contribution < 1.29 is 18.7 Å². The predicted molar refractivity (Wildman–Crippen MR) is 115 cm³/mol. The number of oxazole rings is 1. The number of amides is 1. The molecule has 30 heavy (non-hydrogen) atoms. The highest BCUT2D eigenvalue weighted by molar-refractivity contribution is 5.85. The Balaban J connectivity index is 1.66. The molecule has 0 radical (unpaired) electrons. The molecule has 1 aromatic carbocycles. The number of nitrogens with zero attached hydrogens (tertiary/aromatic N) is 1. The van der Waals surface area contributed by atoms with Crippen LogP contribution in [0.3, 0.4) is 0 Å². The third-order valence-corrected chi connectivity index (χ3v) is 5.73. The number of nitrogens with one attached hydrogen (secondary N) is 1. The van der Waals surface area contributed by atoms with Crippen molar-refractivity contribution in [3.8, 4) is 11.3 Å². The van der Waals surface area contributed by atoms with Crippen molar-refractivity contribution in [2.75, 3.05) is 6.61 Å². The Morgan fingerprint density at radius 2 is 2.00 bits per heavy atom. The van der Waals surface area contributed by atoms with Gasteiger partial charge in [0, 0.05) is 25.0 Å². The minimum absolute atomic E-state index is 0.120. The Labute approximate surface area is 178 Å². The Morgan fingerprint density at radius 1 is 1.20 bits per heavy atom. The molecule has 1 N–H and O–H groups in total. The molecule has 6 heteroatoms. The molecule has 0 spiro atoms. The summed E-state index contributed by atoms with van der Waals surface area (Å²) in [6, 6.07) is 9.47. The molecule has 3 rings (SSSR count). The fourth-order valence-electron chi connectivity index (χ4n) is 3.74. The molecule has 2 aromatic rings. The fourth-order valence-corrected chi connectivity index (χ4v) is 3.74. The van der Waals surface area contributed by atoms with E-state index in [1.165, 1.54) is 0 Å². The van der Waals surface area contributed by atoms with Gasteiger partial charge in [0.05, 0.1) is 6.20 Å². The Hall–Kier alpha value is -2.47. The average molecular weight is 413 g/mol. The topological polar surface area (TPSA) is 81.4 Å². The summed E-state index contributed by atoms with van der Waals surface area (Å²) < 4.78 is 11.7. The van der Waals surface area contributed by atoms with E-state index in [2.05, 4.69) is 10.3 Å². The third kappa shape index (κ3) is 5.79. The standard InChI is InChI=1S/C24H32N2O4/c1-3-19(27)13-8-5-9-14-20(26-23(28)24(2)15-10-16-29-24)22-25-17-21(30-22)18-11-6-4-7-12-18/h4,6-7,11-12,17,20H,3,5,8-10,13-16H2,1-2H3,(H,26,28)/t20-,24?/m0/s1. The van der Waals surface area contributed by atoms with Gasteiger partial charge in [-0.2, -0.15) is 0 Å². The molecule has 6 nitrogen and oxygen atoms in total. The summed E-state index contributed by atoms with van der Waals surface area (Å²) in [5.74, 6) is 1.37. The molecule has 1 fully saturated rings. The number of carbonyl (C=O) groups excluding carboxylic acids is 2. The van der Waals surface area contributed by atoms with Gasteiger partial charge in [-0.25, -0.2) is 4.98 Å². The van der Waals surface area contributed by atoms with Crippen LogP contribution < -0.4 is 5.32 Å². The Bertz CT molecular complexity index is 825. The summed E-state index contributed by atoms with van der Waals surface area (Å²) in [7, 11) is 0. The fraction of sp³-hybridized carbons (Fsp3) is 0.542. The van der Waals surface area contributed by atoms with E-state index in [0.29, 0.717) is 49.7 Å². The zero-order chi connectivity index (χ0) is 21.4. The van der Waals surface area contributed by atoms with E-state index < -0.39 is 5.60 Å². The van der Waals surface area contributed by atoms with Crippen molar-refractivity contribution in [2.24, 2.45) is 0 Å². The Kier molecular flexibility index (Phi) is 7.80. The van der Waals surface area contributed by atoms with Gasteiger partial charge < -0.3 is 14.5 Å². The van der Waals surface area contributed by atoms with Crippen LogP contribution in [0.25, 0.3) is 11.3 Å². The van der Waals surface area contributed by atoms with Crippen molar-refractivity contribution in [1.82, 2.24) is 10.3 Å². The molecule has 1 amide bonds. The molecular weight excluding hydrogens is 380 g/mol. The second kappa shape index (κ2) is 10.5. The minimum atomic E-state index is -0.791. The van der Waals surface area contributed by atoms with Crippen LogP contribution in [0.5, 0.6) is 0 Å². The summed E-state index contributed by atoms with van der Waals surface area (Å²) in [4.78, 5) is 28.9. The average Bonchev–Trinajstić information content (AvgIpc) is 3.43. The third-order valence-electron chi connectivity index (χ3n) is 5.73. The van der Waals surface area contributed by atoms with Gasteiger partial charge in [0.2, 0.25) is 5.89 Å². The monoisotopic (exact) mass is 412 g/mol. The number of aromatic nitrogens is 1. The lowest BCUT2D eigenvalue weighted by molar-refractivity contribution is -0.140. The van der Waals surface area contributed by atoms with Crippen LogP contribution in [0, 0.1) is 0 Å². The summed E-state index contributed by atoms with van der Waals surface area (Å²) in [5, 5.41) is 3.10. The van der Waals surface area contributed by atoms with E-state index in [-0.39, 0.29) is 11.9 Å². The van der Waals surface area contributed by atoms with Gasteiger partial charge in [-0.05, 0) is 32.6 Å². The molecule has 1 aliphatic heterocycles. The van der Waals surface area contributed by atoms with Crippen LogP contribution >= 0.6 is 0 Å². The smallest absolute Gasteiger partial charge is 0.252 e. The Morgan fingerprint density at radius 3 is 2.70 bits per heavy atom. The first-order valence-electron chi connectivity index (χ1n) is 11.0. The highest BCUT2D eigenvalue weighted by Crippen LogP contribution is 2.29. The SMILES string of the molecule is CCC(=O)CCCCC[C@H](NC(=O)C1(C)CCCO1)c1ncc(-c2ccccc2)o1. The van der Waals surface area contributed by atoms with E-state index >= 15 is 0 Å². The minimum Gasteiger partial charge on any atom is -0.438 e. The normalized spacial score (nSPS) is 19.5. The summed E-state index contributed by atoms with van der Waals surface area (Å²) in [6.45, 7) is 4.34. The van der Waals surface area contributed by atoms with Gasteiger partial charge in [0.15, 0.2) is 5.76 Å². The van der Waals surface area contributed by atoms with E-state index in [4.69, 9.17) is 9.15 Å². The highest BCUT2D eigenvalue weighted by atomic mass is 16.5. The van der Waals surface area contributed by atoms with E-state index in [0.717, 1.165) is 31.2 Å². The van der Waals surface area contributed by atoms with Crippen molar-refractivity contribution in [3.05, 3.63) is 42.4 Å². The van der Waals surface area contributed by atoms with Gasteiger partial charge in [0.25, 0.3) is 5.91 Å². The first kappa shape index (κ1) is 22.2. The maximum atomic E-state index is 12.9. The van der Waals surface area contributed by atoms with Crippen molar-refractivity contribution in [3.63, 3.8) is 0 Å². The number of unbranched alkanes of at least 4 members (excludes halogenated alkanes) is 2. The number of carbonyl (C=O) groups is 2. The lowest BCUT2D eigenvalue weighted by atomic mass is 10.00. The molecule has 162 valence electrons. The number of Topliss-reactive ketones (excluding diaryl/α,β-unsaturated/α-hetero) is 1. The summed E-state index contributed by atoms with van der Waals surface area (Å²) in [6.07, 6.45) is 7.90. The van der Waals surface area contributed by atoms with Gasteiger partial charge in [-0.3, -0.25) is 9.59 Å². The molecule has 0 aliphatic carbocycles. The molecule has 0 saturated carbocycles. The maximum absolute atomic E-state index is 12.9. The largest absolute Gasteiger partial charge is 0.438 e. The molecule has 2 heterocycles. The van der Waals surface area contributed by atoms with E-state index in [1.807, 2.05) is 44.2 Å². The lowest BCUT2D eigenvalue weighted by Gasteiger charge is -2.25. The molecule has 2 atom stereocenters. The summed E-state index contributed by atoms with van der Waals surface area (Å²) >= 11 is 0. The van der Waals surface area contributed by atoms with Gasteiger partial charge in [-0.15, -0.1) is 0 Å². The molecule has 1 aliphatic rings. The first-order chi connectivity index (χ1) is 14.5. The van der Waals surface area contributed by atoms with Crippen molar-refractivity contribution in [1.29, 1.82) is 0 Å². The highest BCUT2D eigenvalue weighted by Gasteiger charge is 2.39. The van der Waals surface area contributed by atoms with Crippen LogP contribution in [-0.2, 0) is 14.3 Å². The number of hydrogen-bond donors (Lipinski definition) is 1. The number of ketones is 1. The van der Waals surface area contributed by atoms with Crippen LogP contribution in [0.4, 0.5) is 0 Å². The second-order valence-corrected chi connectivity index (χ2v) is 8.13. The molecule has 0 bridgehead atoms. The molecule has 1 aromatic heterocycles. The quantitative estimate of drug-likeness (QED) is 0.525. The van der Waals surface area contributed by atoms with Crippen LogP contribution in [0.2, 0.25) is 0 Å². The van der Waals surface area contributed by atoms with Crippen molar-refractivity contribution in [2.45, 2.75) is 76.9 Å². The predicted octanol–water partition coefficient (Wildman–Crippen LogP) is 5.00. The number of benzene rings is 1. The number of rotatable bonds is 11. The van der Waals surface area contributed by atoms with E-state index in [1.54, 1.807) is 6.20 Å². The molecular formula is C24H32N2O4. The zero-order valence-electron chi connectivity index (χ0n) is 18.0. The first-order valence-corrected chi connectivity index (χ1v) is 11.0. The summed E-state index contributed by atoms with van der Waals surface area (Å²) in [5.41, 5.74) is 0.159. The number of ether oxygens (including phenoxy) is 1. The van der Waals surface area contributed by atoms with Gasteiger partial charge >= 0.3 is 0 Å². The lowest BCUT2D eigenvalue weighted by Crippen LogP contribution is -2.45. The molecule has 1 saturated heterocycles. The van der Waals surface area contributed by atoms with Gasteiger partial charge in [0.1, 0.15) is 17.4 Å². The van der Waals surface area contributed by atoms with E-state index in [9.17, 15) is 9.59 Å². The maximum Gasteiger partial charge on any atom is 0.252 e.